The summed E-state index contributed by atoms with van der Waals surface area (Å²) in [4.78, 5) is 11.2. The topological polar surface area (TPSA) is 66.5 Å². The molecule has 1 fully saturated rings. The van der Waals surface area contributed by atoms with E-state index in [1.165, 1.54) is 19.3 Å². The number of nitrogens with one attached hydrogen (secondary N) is 1. The van der Waals surface area contributed by atoms with Crippen LogP contribution in [0.4, 0.5) is 5.82 Å². The Morgan fingerprint density at radius 3 is 2.95 bits per heavy atom. The van der Waals surface area contributed by atoms with Gasteiger partial charge in [-0.25, -0.2) is 9.98 Å². The van der Waals surface area contributed by atoms with Crippen LogP contribution in [0, 0.1) is 0 Å². The number of nitrogens with two attached hydrogens (primary N) is 1. The molecule has 0 aromatic carbocycles. The van der Waals surface area contributed by atoms with Crippen LogP contribution < -0.4 is 16.0 Å². The summed E-state index contributed by atoms with van der Waals surface area (Å²) in [5.74, 6) is 1.58. The molecule has 2 heterocycles. The van der Waals surface area contributed by atoms with Gasteiger partial charge in [0, 0.05) is 25.8 Å². The zero-order valence-corrected chi connectivity index (χ0v) is 12.3. The second-order valence-corrected chi connectivity index (χ2v) is 5.20. The van der Waals surface area contributed by atoms with Gasteiger partial charge in [0.1, 0.15) is 5.82 Å². The third kappa shape index (κ3) is 4.40. The van der Waals surface area contributed by atoms with Crippen molar-refractivity contribution in [3.63, 3.8) is 0 Å². The molecule has 3 N–H and O–H groups in total. The van der Waals surface area contributed by atoms with Crippen LogP contribution >= 0.6 is 0 Å². The van der Waals surface area contributed by atoms with E-state index in [4.69, 9.17) is 5.73 Å². The Balaban J connectivity index is 1.95. The average Bonchev–Trinajstić information content (AvgIpc) is 2.52. The molecule has 110 valence electrons. The van der Waals surface area contributed by atoms with Crippen molar-refractivity contribution in [2.24, 2.45) is 10.7 Å². The maximum Gasteiger partial charge on any atom is 0.188 e. The Morgan fingerprint density at radius 2 is 2.20 bits per heavy atom. The molecule has 0 atom stereocenters. The highest BCUT2D eigenvalue weighted by atomic mass is 15.2. The van der Waals surface area contributed by atoms with Crippen molar-refractivity contribution >= 4 is 11.8 Å². The number of anilines is 1. The molecular weight excluding hydrogens is 250 g/mol. The van der Waals surface area contributed by atoms with E-state index in [0.717, 1.165) is 37.4 Å². The molecule has 0 amide bonds. The van der Waals surface area contributed by atoms with Crippen molar-refractivity contribution < 1.29 is 0 Å². The molecule has 0 radical (unpaired) electrons. The first-order chi connectivity index (χ1) is 9.79. The molecule has 0 aliphatic carbocycles. The summed E-state index contributed by atoms with van der Waals surface area (Å²) >= 11 is 0. The highest BCUT2D eigenvalue weighted by molar-refractivity contribution is 5.77. The molecule has 1 aromatic rings. The summed E-state index contributed by atoms with van der Waals surface area (Å²) < 4.78 is 0. The van der Waals surface area contributed by atoms with Crippen LogP contribution in [0.25, 0.3) is 0 Å². The first-order valence-corrected chi connectivity index (χ1v) is 7.53. The second-order valence-electron chi connectivity index (χ2n) is 5.20. The molecular formula is C15H25N5. The molecule has 1 saturated heterocycles. The second kappa shape index (κ2) is 7.72. The predicted octanol–water partition coefficient (Wildman–Crippen LogP) is 1.89. The number of aromatic nitrogens is 1. The minimum absolute atomic E-state index is 0.517. The smallest absolute Gasteiger partial charge is 0.188 e. The van der Waals surface area contributed by atoms with Gasteiger partial charge in [-0.05, 0) is 43.4 Å². The normalized spacial score (nSPS) is 16.2. The van der Waals surface area contributed by atoms with Gasteiger partial charge in [-0.2, -0.15) is 0 Å². The quantitative estimate of drug-likeness (QED) is 0.636. The van der Waals surface area contributed by atoms with Gasteiger partial charge in [-0.1, -0.05) is 6.92 Å². The van der Waals surface area contributed by atoms with Crippen molar-refractivity contribution in [1.29, 1.82) is 0 Å². The third-order valence-corrected chi connectivity index (χ3v) is 3.48. The number of guanidine groups is 1. The third-order valence-electron chi connectivity index (χ3n) is 3.48. The summed E-state index contributed by atoms with van der Waals surface area (Å²) in [5, 5.41) is 3.08. The Morgan fingerprint density at radius 1 is 1.40 bits per heavy atom. The zero-order chi connectivity index (χ0) is 14.2. The van der Waals surface area contributed by atoms with Gasteiger partial charge >= 0.3 is 0 Å². The van der Waals surface area contributed by atoms with E-state index in [1.54, 1.807) is 0 Å². The van der Waals surface area contributed by atoms with Crippen molar-refractivity contribution in [2.75, 3.05) is 24.5 Å². The molecule has 1 aliphatic rings. The molecule has 0 spiro atoms. The maximum atomic E-state index is 5.80. The van der Waals surface area contributed by atoms with Crippen molar-refractivity contribution in [3.8, 4) is 0 Å². The van der Waals surface area contributed by atoms with Gasteiger partial charge in [0.2, 0.25) is 0 Å². The lowest BCUT2D eigenvalue weighted by Gasteiger charge is -2.27. The largest absolute Gasteiger partial charge is 0.370 e. The van der Waals surface area contributed by atoms with E-state index in [9.17, 15) is 0 Å². The summed E-state index contributed by atoms with van der Waals surface area (Å²) in [6.07, 6.45) is 6.77. The lowest BCUT2D eigenvalue weighted by atomic mass is 10.1. The van der Waals surface area contributed by atoms with E-state index in [0.29, 0.717) is 12.5 Å². The number of aliphatic imine (C=N–C) groups is 1. The van der Waals surface area contributed by atoms with Crippen LogP contribution in [0.15, 0.2) is 23.3 Å². The number of nitrogens with zero attached hydrogens (tertiary/aromatic N) is 3. The van der Waals surface area contributed by atoms with Crippen LogP contribution in [0.1, 0.15) is 38.2 Å². The zero-order valence-electron chi connectivity index (χ0n) is 12.3. The Bertz CT molecular complexity index is 438. The number of piperidine rings is 1. The molecule has 2 rings (SSSR count). The van der Waals surface area contributed by atoms with Crippen LogP contribution in [-0.4, -0.2) is 30.6 Å². The summed E-state index contributed by atoms with van der Waals surface area (Å²) in [6, 6.07) is 4.13. The lowest BCUT2D eigenvalue weighted by Crippen LogP contribution is -2.32. The minimum Gasteiger partial charge on any atom is -0.370 e. The SMILES string of the molecule is CCCNC(N)=NCc1ccnc(N2CCCCC2)c1. The van der Waals surface area contributed by atoms with Crippen LogP contribution in [0.3, 0.4) is 0 Å². The highest BCUT2D eigenvalue weighted by Gasteiger charge is 2.11. The standard InChI is InChI=1S/C15H25N5/c1-2-7-18-15(16)19-12-13-6-8-17-14(11-13)20-9-4-3-5-10-20/h6,8,11H,2-5,7,9-10,12H2,1H3,(H3,16,18,19). The Labute approximate surface area is 121 Å². The maximum absolute atomic E-state index is 5.80. The number of rotatable bonds is 5. The summed E-state index contributed by atoms with van der Waals surface area (Å²) in [7, 11) is 0. The molecule has 1 aliphatic heterocycles. The fourth-order valence-corrected chi connectivity index (χ4v) is 2.34. The predicted molar refractivity (Wildman–Crippen MR) is 83.9 cm³/mol. The van der Waals surface area contributed by atoms with E-state index in [-0.39, 0.29) is 0 Å². The van der Waals surface area contributed by atoms with Crippen LogP contribution in [-0.2, 0) is 6.54 Å². The number of hydrogen-bond acceptors (Lipinski definition) is 3. The first-order valence-electron chi connectivity index (χ1n) is 7.53. The minimum atomic E-state index is 0.517. The average molecular weight is 275 g/mol. The van der Waals surface area contributed by atoms with Gasteiger partial charge in [0.05, 0.1) is 6.54 Å². The molecule has 20 heavy (non-hydrogen) atoms. The summed E-state index contributed by atoms with van der Waals surface area (Å²) in [5.41, 5.74) is 6.96. The number of pyridine rings is 1. The molecule has 0 unspecified atom stereocenters. The van der Waals surface area contributed by atoms with Gasteiger partial charge in [0.15, 0.2) is 5.96 Å². The van der Waals surface area contributed by atoms with Crippen LogP contribution in [0.2, 0.25) is 0 Å². The highest BCUT2D eigenvalue weighted by Crippen LogP contribution is 2.18. The number of hydrogen-bond donors (Lipinski definition) is 2. The van der Waals surface area contributed by atoms with E-state index >= 15 is 0 Å². The van der Waals surface area contributed by atoms with E-state index < -0.39 is 0 Å². The molecule has 0 bridgehead atoms. The van der Waals surface area contributed by atoms with Gasteiger partial charge in [-0.3, -0.25) is 0 Å². The molecule has 5 heteroatoms. The Kier molecular flexibility index (Phi) is 5.65. The van der Waals surface area contributed by atoms with E-state index in [1.807, 2.05) is 12.3 Å². The Hall–Kier alpha value is -1.78. The van der Waals surface area contributed by atoms with Gasteiger partial charge < -0.3 is 16.0 Å². The van der Waals surface area contributed by atoms with Crippen LogP contribution in [0.5, 0.6) is 0 Å². The molecule has 5 nitrogen and oxygen atoms in total. The first kappa shape index (κ1) is 14.6. The fraction of sp³-hybridized carbons (Fsp3) is 0.600. The van der Waals surface area contributed by atoms with Gasteiger partial charge in [-0.15, -0.1) is 0 Å². The van der Waals surface area contributed by atoms with Crippen molar-refractivity contribution in [3.05, 3.63) is 23.9 Å². The van der Waals surface area contributed by atoms with Crippen molar-refractivity contribution in [2.45, 2.75) is 39.2 Å². The molecule has 0 saturated carbocycles. The molecule has 1 aromatic heterocycles. The fourth-order valence-electron chi connectivity index (χ4n) is 2.34. The monoisotopic (exact) mass is 275 g/mol. The lowest BCUT2D eigenvalue weighted by molar-refractivity contribution is 0.573. The van der Waals surface area contributed by atoms with Gasteiger partial charge in [0.25, 0.3) is 0 Å². The van der Waals surface area contributed by atoms with Crippen molar-refractivity contribution in [1.82, 2.24) is 10.3 Å². The van der Waals surface area contributed by atoms with E-state index in [2.05, 4.69) is 33.2 Å². The summed E-state index contributed by atoms with van der Waals surface area (Å²) in [6.45, 7) is 5.80.